The Kier molecular flexibility index (Phi) is 9.09. The van der Waals surface area contributed by atoms with E-state index in [1.807, 2.05) is 6.07 Å². The molecule has 0 aromatic heterocycles. The first-order valence-electron chi connectivity index (χ1n) is 10.2. The number of nitrogens with one attached hydrogen (secondary N) is 1. The van der Waals surface area contributed by atoms with Gasteiger partial charge in [0.1, 0.15) is 6.54 Å². The van der Waals surface area contributed by atoms with Crippen LogP contribution in [0.1, 0.15) is 11.1 Å². The topological polar surface area (TPSA) is 66.5 Å². The first-order chi connectivity index (χ1) is 15.8. The Balaban J connectivity index is 1.65. The smallest absolute Gasteiger partial charge is 0.264 e. The number of hydrogen-bond acceptors (Lipinski definition) is 4. The van der Waals surface area contributed by atoms with Gasteiger partial charge in [0.05, 0.1) is 20.6 Å². The minimum absolute atomic E-state index is 0.0811. The average molecular weight is 524 g/mol. The molecule has 5 nitrogen and oxygen atoms in total. The van der Waals surface area contributed by atoms with E-state index in [-0.39, 0.29) is 22.2 Å². The van der Waals surface area contributed by atoms with Crippen LogP contribution in [0.4, 0.5) is 5.69 Å². The molecule has 0 bridgehead atoms. The largest absolute Gasteiger partial charge is 0.354 e. The molecule has 0 fully saturated rings. The molecule has 0 saturated heterocycles. The predicted octanol–water partition coefficient (Wildman–Crippen LogP) is 5.55. The summed E-state index contributed by atoms with van der Waals surface area (Å²) in [5.41, 5.74) is 2.70. The third-order valence-corrected chi connectivity index (χ3v) is 8.29. The number of anilines is 1. The van der Waals surface area contributed by atoms with E-state index in [2.05, 4.69) is 30.4 Å². The van der Waals surface area contributed by atoms with Crippen molar-refractivity contribution in [3.63, 3.8) is 0 Å². The molecule has 33 heavy (non-hydrogen) atoms. The number of nitrogens with zero attached hydrogens (tertiary/aromatic N) is 1. The molecule has 0 spiro atoms. The Bertz CT molecular complexity index is 1210. The van der Waals surface area contributed by atoms with E-state index in [1.165, 1.54) is 41.5 Å². The Hall–Kier alpha value is -2.19. The zero-order valence-electron chi connectivity index (χ0n) is 18.0. The van der Waals surface area contributed by atoms with Gasteiger partial charge in [-0.15, -0.1) is 0 Å². The van der Waals surface area contributed by atoms with Gasteiger partial charge in [-0.05, 0) is 42.8 Å². The molecule has 1 N–H and O–H groups in total. The summed E-state index contributed by atoms with van der Waals surface area (Å²) in [5.74, 6) is 1.14. The molecule has 0 aliphatic heterocycles. The van der Waals surface area contributed by atoms with E-state index in [9.17, 15) is 13.2 Å². The molecule has 3 rings (SSSR count). The monoisotopic (exact) mass is 522 g/mol. The quantitative estimate of drug-likeness (QED) is 0.354. The summed E-state index contributed by atoms with van der Waals surface area (Å²) in [6.45, 7) is 2.10. The highest BCUT2D eigenvalue weighted by atomic mass is 35.5. The van der Waals surface area contributed by atoms with Gasteiger partial charge in [0.25, 0.3) is 10.0 Å². The Morgan fingerprint density at radius 2 is 1.73 bits per heavy atom. The minimum atomic E-state index is -3.99. The van der Waals surface area contributed by atoms with Crippen LogP contribution in [0.2, 0.25) is 10.0 Å². The Morgan fingerprint density at radius 3 is 2.42 bits per heavy atom. The molecule has 0 saturated carbocycles. The minimum Gasteiger partial charge on any atom is -0.354 e. The molecule has 0 aliphatic rings. The van der Waals surface area contributed by atoms with Gasteiger partial charge in [0.2, 0.25) is 5.91 Å². The van der Waals surface area contributed by atoms with Crippen molar-refractivity contribution in [2.75, 3.05) is 23.1 Å². The van der Waals surface area contributed by atoms with Crippen LogP contribution in [0.15, 0.2) is 77.7 Å². The second-order valence-electron chi connectivity index (χ2n) is 7.31. The van der Waals surface area contributed by atoms with Crippen LogP contribution in [-0.4, -0.2) is 33.2 Å². The van der Waals surface area contributed by atoms with Crippen molar-refractivity contribution in [2.24, 2.45) is 0 Å². The fraction of sp³-hybridized carbons (Fsp3) is 0.208. The zero-order valence-corrected chi connectivity index (χ0v) is 21.1. The van der Waals surface area contributed by atoms with E-state index >= 15 is 0 Å². The number of hydrogen-bond donors (Lipinski definition) is 1. The fourth-order valence-corrected chi connectivity index (χ4v) is 5.65. The lowest BCUT2D eigenvalue weighted by molar-refractivity contribution is -0.119. The number of sulfonamides is 1. The van der Waals surface area contributed by atoms with E-state index in [0.29, 0.717) is 17.3 Å². The number of amides is 1. The van der Waals surface area contributed by atoms with E-state index in [4.69, 9.17) is 23.2 Å². The molecule has 0 radical (unpaired) electrons. The summed E-state index contributed by atoms with van der Waals surface area (Å²) in [7, 11) is -3.99. The Labute approximate surface area is 209 Å². The molecule has 3 aromatic carbocycles. The lowest BCUT2D eigenvalue weighted by Crippen LogP contribution is -2.41. The first-order valence-corrected chi connectivity index (χ1v) is 13.6. The number of halogens is 2. The maximum atomic E-state index is 13.3. The van der Waals surface area contributed by atoms with Crippen LogP contribution in [0, 0.1) is 6.92 Å². The van der Waals surface area contributed by atoms with Crippen molar-refractivity contribution in [1.29, 1.82) is 0 Å². The Morgan fingerprint density at radius 1 is 0.970 bits per heavy atom. The van der Waals surface area contributed by atoms with Gasteiger partial charge in [-0.1, -0.05) is 71.2 Å². The standard InChI is InChI=1S/C24H24Cl2N2O3S2/c1-18-6-5-7-19(14-18)17-32-13-12-27-24(29)16-28(20-10-11-22(25)23(26)15-20)33(30,31)21-8-3-2-4-9-21/h2-11,14-15H,12-13,16-17H2,1H3,(H,27,29). The summed E-state index contributed by atoms with van der Waals surface area (Å²) in [5, 5.41) is 3.31. The third-order valence-electron chi connectivity index (χ3n) is 4.73. The number of benzene rings is 3. The molecule has 0 unspecified atom stereocenters. The van der Waals surface area contributed by atoms with Crippen molar-refractivity contribution in [3.05, 3.63) is 94.0 Å². The van der Waals surface area contributed by atoms with Crippen molar-refractivity contribution in [3.8, 4) is 0 Å². The van der Waals surface area contributed by atoms with Crippen LogP contribution in [-0.2, 0) is 20.6 Å². The summed E-state index contributed by atoms with van der Waals surface area (Å²) in [4.78, 5) is 12.7. The SMILES string of the molecule is Cc1cccc(CSCCNC(=O)CN(c2ccc(Cl)c(Cl)c2)S(=O)(=O)c2ccccc2)c1. The van der Waals surface area contributed by atoms with Gasteiger partial charge < -0.3 is 5.32 Å². The highest BCUT2D eigenvalue weighted by Gasteiger charge is 2.27. The number of carbonyl (C=O) groups is 1. The number of rotatable bonds is 10. The molecule has 0 atom stereocenters. The second-order valence-corrected chi connectivity index (χ2v) is 11.1. The van der Waals surface area contributed by atoms with Crippen LogP contribution >= 0.6 is 35.0 Å². The zero-order chi connectivity index (χ0) is 23.8. The number of aryl methyl sites for hydroxylation is 1. The molecule has 174 valence electrons. The molecule has 3 aromatic rings. The molecule has 0 aliphatic carbocycles. The van der Waals surface area contributed by atoms with E-state index in [0.717, 1.165) is 10.1 Å². The van der Waals surface area contributed by atoms with Crippen molar-refractivity contribution >= 4 is 56.6 Å². The molecule has 1 amide bonds. The van der Waals surface area contributed by atoms with E-state index < -0.39 is 15.9 Å². The van der Waals surface area contributed by atoms with Crippen molar-refractivity contribution in [2.45, 2.75) is 17.6 Å². The van der Waals surface area contributed by atoms with Gasteiger partial charge in [-0.25, -0.2) is 8.42 Å². The van der Waals surface area contributed by atoms with Gasteiger partial charge in [-0.3, -0.25) is 9.10 Å². The lowest BCUT2D eigenvalue weighted by atomic mass is 10.2. The summed E-state index contributed by atoms with van der Waals surface area (Å²) >= 11 is 13.8. The maximum absolute atomic E-state index is 13.3. The third kappa shape index (κ3) is 7.14. The average Bonchev–Trinajstić information content (AvgIpc) is 2.80. The maximum Gasteiger partial charge on any atom is 0.264 e. The van der Waals surface area contributed by atoms with Crippen LogP contribution in [0.3, 0.4) is 0 Å². The van der Waals surface area contributed by atoms with Gasteiger partial charge in [-0.2, -0.15) is 11.8 Å². The van der Waals surface area contributed by atoms with E-state index in [1.54, 1.807) is 30.0 Å². The fourth-order valence-electron chi connectivity index (χ4n) is 3.12. The summed E-state index contributed by atoms with van der Waals surface area (Å²) in [6.07, 6.45) is 0. The number of carbonyl (C=O) groups excluding carboxylic acids is 1. The van der Waals surface area contributed by atoms with Gasteiger partial charge >= 0.3 is 0 Å². The predicted molar refractivity (Wildman–Crippen MR) is 138 cm³/mol. The highest BCUT2D eigenvalue weighted by molar-refractivity contribution is 7.98. The second kappa shape index (κ2) is 11.8. The van der Waals surface area contributed by atoms with Crippen LogP contribution < -0.4 is 9.62 Å². The molecular weight excluding hydrogens is 499 g/mol. The molecular formula is C24H24Cl2N2O3S2. The van der Waals surface area contributed by atoms with Crippen molar-refractivity contribution < 1.29 is 13.2 Å². The van der Waals surface area contributed by atoms with Gasteiger partial charge in [0.15, 0.2) is 0 Å². The number of thioether (sulfide) groups is 1. The van der Waals surface area contributed by atoms with Gasteiger partial charge in [0, 0.05) is 18.1 Å². The highest BCUT2D eigenvalue weighted by Crippen LogP contribution is 2.30. The molecule has 9 heteroatoms. The molecule has 0 heterocycles. The lowest BCUT2D eigenvalue weighted by Gasteiger charge is -2.24. The normalized spacial score (nSPS) is 11.2. The van der Waals surface area contributed by atoms with Crippen LogP contribution in [0.25, 0.3) is 0 Å². The van der Waals surface area contributed by atoms with Crippen LogP contribution in [0.5, 0.6) is 0 Å². The summed E-state index contributed by atoms with van der Waals surface area (Å²) in [6, 6.07) is 20.7. The first kappa shape index (κ1) is 25.4. The summed E-state index contributed by atoms with van der Waals surface area (Å²) < 4.78 is 27.6. The van der Waals surface area contributed by atoms with Crippen molar-refractivity contribution in [1.82, 2.24) is 5.32 Å².